The van der Waals surface area contributed by atoms with Crippen molar-refractivity contribution < 1.29 is 4.79 Å². The molecule has 5 nitrogen and oxygen atoms in total. The number of hydrogen-bond donors (Lipinski definition) is 3. The van der Waals surface area contributed by atoms with E-state index in [0.29, 0.717) is 5.82 Å². The minimum absolute atomic E-state index is 0.167. The Bertz CT molecular complexity index is 372. The number of carbonyl (C=O) groups excluding carboxylic acids is 1. The Kier molecular flexibility index (Phi) is 4.06. The standard InChI is InChI=1S/C11H20N4O/c1-5-6(2)9(12)11(16)13-10-7(3)8(4)14-15-10/h6,9H,5,12H2,1-4H3,(H2,13,14,15,16)/t6?,9-/m0/s1. The number of nitrogens with two attached hydrogens (primary N) is 1. The van der Waals surface area contributed by atoms with E-state index in [-0.39, 0.29) is 11.8 Å². The zero-order valence-corrected chi connectivity index (χ0v) is 10.3. The quantitative estimate of drug-likeness (QED) is 0.721. The number of amides is 1. The molecule has 4 N–H and O–H groups in total. The summed E-state index contributed by atoms with van der Waals surface area (Å²) in [6.45, 7) is 7.80. The Morgan fingerprint density at radius 3 is 2.62 bits per heavy atom. The van der Waals surface area contributed by atoms with Crippen LogP contribution in [-0.4, -0.2) is 22.1 Å². The molecule has 0 spiro atoms. The van der Waals surface area contributed by atoms with E-state index in [4.69, 9.17) is 5.73 Å². The lowest BCUT2D eigenvalue weighted by atomic mass is 9.99. The summed E-state index contributed by atoms with van der Waals surface area (Å²) in [5.41, 5.74) is 7.73. The number of hydrogen-bond acceptors (Lipinski definition) is 3. The summed E-state index contributed by atoms with van der Waals surface area (Å²) >= 11 is 0. The molecule has 16 heavy (non-hydrogen) atoms. The maximum atomic E-state index is 11.8. The first kappa shape index (κ1) is 12.7. The zero-order valence-electron chi connectivity index (χ0n) is 10.3. The van der Waals surface area contributed by atoms with Crippen LogP contribution in [0.1, 0.15) is 31.5 Å². The molecule has 0 fully saturated rings. The van der Waals surface area contributed by atoms with Crippen LogP contribution in [-0.2, 0) is 4.79 Å². The number of rotatable bonds is 4. The Morgan fingerprint density at radius 2 is 2.19 bits per heavy atom. The van der Waals surface area contributed by atoms with Crippen LogP contribution >= 0.6 is 0 Å². The third-order valence-electron chi connectivity index (χ3n) is 3.05. The van der Waals surface area contributed by atoms with E-state index in [9.17, 15) is 4.79 Å². The summed E-state index contributed by atoms with van der Waals surface area (Å²) in [6.07, 6.45) is 0.882. The van der Waals surface area contributed by atoms with Gasteiger partial charge in [-0.2, -0.15) is 5.10 Å². The third-order valence-corrected chi connectivity index (χ3v) is 3.05. The molecule has 0 aliphatic heterocycles. The first-order valence-corrected chi connectivity index (χ1v) is 5.55. The highest BCUT2D eigenvalue weighted by Gasteiger charge is 2.20. The van der Waals surface area contributed by atoms with E-state index >= 15 is 0 Å². The SMILES string of the molecule is CCC(C)[C@H](N)C(=O)Nc1n[nH]c(C)c1C. The van der Waals surface area contributed by atoms with Gasteiger partial charge in [0.15, 0.2) is 5.82 Å². The fourth-order valence-corrected chi connectivity index (χ4v) is 1.32. The van der Waals surface area contributed by atoms with Crippen LogP contribution in [0.2, 0.25) is 0 Å². The van der Waals surface area contributed by atoms with Gasteiger partial charge >= 0.3 is 0 Å². The van der Waals surface area contributed by atoms with Crippen LogP contribution in [0.25, 0.3) is 0 Å². The molecular weight excluding hydrogens is 204 g/mol. The molecule has 2 atom stereocenters. The van der Waals surface area contributed by atoms with Gasteiger partial charge in [-0.25, -0.2) is 0 Å². The molecular formula is C11H20N4O. The lowest BCUT2D eigenvalue weighted by Gasteiger charge is -2.17. The maximum absolute atomic E-state index is 11.8. The number of carbonyl (C=O) groups is 1. The van der Waals surface area contributed by atoms with Gasteiger partial charge in [-0.1, -0.05) is 20.3 Å². The molecule has 1 rings (SSSR count). The number of aryl methyl sites for hydroxylation is 1. The zero-order chi connectivity index (χ0) is 12.3. The van der Waals surface area contributed by atoms with Gasteiger partial charge in [-0.15, -0.1) is 0 Å². The average Bonchev–Trinajstić information content (AvgIpc) is 2.58. The molecule has 0 bridgehead atoms. The minimum Gasteiger partial charge on any atom is -0.320 e. The van der Waals surface area contributed by atoms with Crippen molar-refractivity contribution in [2.24, 2.45) is 11.7 Å². The third kappa shape index (κ3) is 2.61. The van der Waals surface area contributed by atoms with Crippen molar-refractivity contribution in [2.45, 2.75) is 40.2 Å². The van der Waals surface area contributed by atoms with Gasteiger partial charge in [0.25, 0.3) is 0 Å². The predicted octanol–water partition coefficient (Wildman–Crippen LogP) is 1.34. The van der Waals surface area contributed by atoms with Crippen molar-refractivity contribution in [3.63, 3.8) is 0 Å². The van der Waals surface area contributed by atoms with Gasteiger partial charge in [0.2, 0.25) is 5.91 Å². The number of H-pyrrole nitrogens is 1. The summed E-state index contributed by atoms with van der Waals surface area (Å²) in [5.74, 6) is 0.561. The highest BCUT2D eigenvalue weighted by Crippen LogP contribution is 2.15. The molecule has 1 aromatic heterocycles. The average molecular weight is 224 g/mol. The second-order valence-electron chi connectivity index (χ2n) is 4.22. The molecule has 1 aromatic rings. The Morgan fingerprint density at radius 1 is 1.56 bits per heavy atom. The molecule has 1 unspecified atom stereocenters. The van der Waals surface area contributed by atoms with Gasteiger partial charge in [0, 0.05) is 11.3 Å². The van der Waals surface area contributed by atoms with Crippen LogP contribution in [0.15, 0.2) is 0 Å². The number of aromatic amines is 1. The highest BCUT2D eigenvalue weighted by atomic mass is 16.2. The van der Waals surface area contributed by atoms with E-state index in [1.54, 1.807) is 0 Å². The summed E-state index contributed by atoms with van der Waals surface area (Å²) in [7, 11) is 0. The van der Waals surface area contributed by atoms with Gasteiger partial charge in [0.05, 0.1) is 6.04 Å². The predicted molar refractivity (Wildman–Crippen MR) is 64.1 cm³/mol. The van der Waals surface area contributed by atoms with E-state index in [1.165, 1.54) is 0 Å². The van der Waals surface area contributed by atoms with Crippen molar-refractivity contribution in [1.29, 1.82) is 0 Å². The number of nitrogens with one attached hydrogen (secondary N) is 2. The first-order chi connectivity index (χ1) is 7.47. The van der Waals surface area contributed by atoms with Crippen LogP contribution in [0.4, 0.5) is 5.82 Å². The molecule has 90 valence electrons. The fraction of sp³-hybridized carbons (Fsp3) is 0.636. The topological polar surface area (TPSA) is 83.8 Å². The molecule has 0 aliphatic rings. The Balaban J connectivity index is 2.68. The van der Waals surface area contributed by atoms with Crippen molar-refractivity contribution in [3.8, 4) is 0 Å². The smallest absolute Gasteiger partial charge is 0.242 e. The van der Waals surface area contributed by atoms with Gasteiger partial charge in [-0.3, -0.25) is 9.89 Å². The second-order valence-corrected chi connectivity index (χ2v) is 4.22. The maximum Gasteiger partial charge on any atom is 0.242 e. The van der Waals surface area contributed by atoms with Crippen LogP contribution in [0.3, 0.4) is 0 Å². The summed E-state index contributed by atoms with van der Waals surface area (Å²) in [4.78, 5) is 11.8. The molecule has 1 amide bonds. The van der Waals surface area contributed by atoms with Crippen molar-refractivity contribution >= 4 is 11.7 Å². The normalized spacial score (nSPS) is 14.6. The van der Waals surface area contributed by atoms with E-state index < -0.39 is 6.04 Å². The fourth-order valence-electron chi connectivity index (χ4n) is 1.32. The monoisotopic (exact) mass is 224 g/mol. The van der Waals surface area contributed by atoms with E-state index in [2.05, 4.69) is 15.5 Å². The van der Waals surface area contributed by atoms with Crippen molar-refractivity contribution in [2.75, 3.05) is 5.32 Å². The molecule has 0 aromatic carbocycles. The highest BCUT2D eigenvalue weighted by molar-refractivity contribution is 5.94. The van der Waals surface area contributed by atoms with Crippen LogP contribution in [0.5, 0.6) is 0 Å². The van der Waals surface area contributed by atoms with Gasteiger partial charge < -0.3 is 11.1 Å². The van der Waals surface area contributed by atoms with Crippen molar-refractivity contribution in [3.05, 3.63) is 11.3 Å². The summed E-state index contributed by atoms with van der Waals surface area (Å²) in [6, 6.07) is -0.485. The molecule has 0 aliphatic carbocycles. The number of nitrogens with zero attached hydrogens (tertiary/aromatic N) is 1. The molecule has 1 heterocycles. The van der Waals surface area contributed by atoms with Gasteiger partial charge in [0.1, 0.15) is 0 Å². The second kappa shape index (κ2) is 5.12. The number of aromatic nitrogens is 2. The minimum atomic E-state index is -0.485. The van der Waals surface area contributed by atoms with Gasteiger partial charge in [-0.05, 0) is 19.8 Å². The van der Waals surface area contributed by atoms with E-state index in [1.807, 2.05) is 27.7 Å². The molecule has 0 saturated heterocycles. The Labute approximate surface area is 95.8 Å². The number of anilines is 1. The van der Waals surface area contributed by atoms with Crippen LogP contribution in [0, 0.1) is 19.8 Å². The van der Waals surface area contributed by atoms with Crippen LogP contribution < -0.4 is 11.1 Å². The Hall–Kier alpha value is -1.36. The largest absolute Gasteiger partial charge is 0.320 e. The summed E-state index contributed by atoms with van der Waals surface area (Å²) < 4.78 is 0. The van der Waals surface area contributed by atoms with E-state index in [0.717, 1.165) is 17.7 Å². The molecule has 0 saturated carbocycles. The first-order valence-electron chi connectivity index (χ1n) is 5.55. The molecule has 5 heteroatoms. The van der Waals surface area contributed by atoms with Crippen molar-refractivity contribution in [1.82, 2.24) is 10.2 Å². The summed E-state index contributed by atoms with van der Waals surface area (Å²) in [5, 5.41) is 9.57. The lowest BCUT2D eigenvalue weighted by molar-refractivity contribution is -0.118. The molecule has 0 radical (unpaired) electrons. The lowest BCUT2D eigenvalue weighted by Crippen LogP contribution is -2.40.